The van der Waals surface area contributed by atoms with E-state index in [1.165, 1.54) is 0 Å². The van der Waals surface area contributed by atoms with Crippen molar-refractivity contribution in [2.45, 2.75) is 6.42 Å². The van der Waals surface area contributed by atoms with Crippen molar-refractivity contribution in [2.75, 3.05) is 25.1 Å². The zero-order chi connectivity index (χ0) is 19.5. The maximum atomic E-state index is 12.3. The van der Waals surface area contributed by atoms with Gasteiger partial charge in [-0.3, -0.25) is 4.79 Å². The second kappa shape index (κ2) is 7.93. The van der Waals surface area contributed by atoms with Crippen molar-refractivity contribution in [1.29, 1.82) is 0 Å². The van der Waals surface area contributed by atoms with Gasteiger partial charge in [0.2, 0.25) is 0 Å². The van der Waals surface area contributed by atoms with Crippen molar-refractivity contribution in [3.8, 4) is 11.5 Å². The number of H-pyrrole nitrogens is 1. The molecule has 0 bridgehead atoms. The SMILES string of the molecule is O=C(COC(=O)c1[nH]c2ccccc2c1Br)Nc1ccc2c(c1)OCCCO2. The van der Waals surface area contributed by atoms with Gasteiger partial charge in [-0.05, 0) is 34.1 Å². The number of nitrogens with one attached hydrogen (secondary N) is 2. The number of carbonyl (C=O) groups is 2. The summed E-state index contributed by atoms with van der Waals surface area (Å²) in [5, 5.41) is 3.55. The van der Waals surface area contributed by atoms with Gasteiger partial charge in [0.15, 0.2) is 18.1 Å². The summed E-state index contributed by atoms with van der Waals surface area (Å²) >= 11 is 3.40. The van der Waals surface area contributed by atoms with Crippen molar-refractivity contribution in [2.24, 2.45) is 0 Å². The number of esters is 1. The number of hydrogen-bond donors (Lipinski definition) is 2. The van der Waals surface area contributed by atoms with Crippen molar-refractivity contribution in [3.63, 3.8) is 0 Å². The fourth-order valence-corrected chi connectivity index (χ4v) is 3.50. The molecule has 7 nitrogen and oxygen atoms in total. The minimum absolute atomic E-state index is 0.268. The van der Waals surface area contributed by atoms with Crippen molar-refractivity contribution < 1.29 is 23.8 Å². The van der Waals surface area contributed by atoms with E-state index in [4.69, 9.17) is 14.2 Å². The number of halogens is 1. The largest absolute Gasteiger partial charge is 0.490 e. The molecule has 0 saturated carbocycles. The lowest BCUT2D eigenvalue weighted by Gasteiger charge is -2.10. The van der Waals surface area contributed by atoms with Crippen LogP contribution in [0.1, 0.15) is 16.9 Å². The molecule has 0 aliphatic carbocycles. The molecular formula is C20H17BrN2O5. The van der Waals surface area contributed by atoms with Crippen LogP contribution in [0, 0.1) is 0 Å². The number of benzene rings is 2. The molecule has 0 spiro atoms. The molecule has 2 heterocycles. The zero-order valence-corrected chi connectivity index (χ0v) is 16.4. The second-order valence-electron chi connectivity index (χ2n) is 6.20. The van der Waals surface area contributed by atoms with Crippen LogP contribution in [-0.4, -0.2) is 36.7 Å². The average molecular weight is 445 g/mol. The number of ether oxygens (including phenoxy) is 3. The highest BCUT2D eigenvalue weighted by Crippen LogP contribution is 2.32. The molecule has 2 aromatic carbocycles. The Kier molecular flexibility index (Phi) is 5.21. The molecule has 28 heavy (non-hydrogen) atoms. The quantitative estimate of drug-likeness (QED) is 0.595. The van der Waals surface area contributed by atoms with Crippen LogP contribution < -0.4 is 14.8 Å². The van der Waals surface area contributed by atoms with E-state index in [0.717, 1.165) is 17.3 Å². The Hall–Kier alpha value is -3.00. The van der Waals surface area contributed by atoms with E-state index in [1.807, 2.05) is 24.3 Å². The third-order valence-corrected chi connectivity index (χ3v) is 5.04. The predicted molar refractivity (Wildman–Crippen MR) is 107 cm³/mol. The van der Waals surface area contributed by atoms with Gasteiger partial charge < -0.3 is 24.5 Å². The Morgan fingerprint density at radius 1 is 1.11 bits per heavy atom. The van der Waals surface area contributed by atoms with E-state index in [0.29, 0.717) is 34.9 Å². The van der Waals surface area contributed by atoms with Gasteiger partial charge in [0, 0.05) is 29.1 Å². The number of rotatable bonds is 4. The Morgan fingerprint density at radius 2 is 1.89 bits per heavy atom. The van der Waals surface area contributed by atoms with Crippen molar-refractivity contribution in [3.05, 3.63) is 52.6 Å². The highest BCUT2D eigenvalue weighted by atomic mass is 79.9. The summed E-state index contributed by atoms with van der Waals surface area (Å²) < 4.78 is 16.9. The number of anilines is 1. The van der Waals surface area contributed by atoms with Crippen LogP contribution in [0.3, 0.4) is 0 Å². The van der Waals surface area contributed by atoms with E-state index in [9.17, 15) is 9.59 Å². The van der Waals surface area contributed by atoms with Crippen LogP contribution in [0.15, 0.2) is 46.9 Å². The van der Waals surface area contributed by atoms with Crippen molar-refractivity contribution >= 4 is 44.4 Å². The van der Waals surface area contributed by atoms with Gasteiger partial charge in [0.25, 0.3) is 5.91 Å². The van der Waals surface area contributed by atoms with E-state index >= 15 is 0 Å². The number of amides is 1. The molecular weight excluding hydrogens is 428 g/mol. The molecule has 0 radical (unpaired) electrons. The van der Waals surface area contributed by atoms with Crippen LogP contribution in [0.4, 0.5) is 5.69 Å². The summed E-state index contributed by atoms with van der Waals surface area (Å²) in [5.74, 6) is 0.159. The van der Waals surface area contributed by atoms with Crippen LogP contribution in [0.25, 0.3) is 10.9 Å². The molecule has 144 valence electrons. The number of hydrogen-bond acceptors (Lipinski definition) is 5. The lowest BCUT2D eigenvalue weighted by molar-refractivity contribution is -0.119. The monoisotopic (exact) mass is 444 g/mol. The van der Waals surface area contributed by atoms with Gasteiger partial charge in [-0.25, -0.2) is 4.79 Å². The standard InChI is InChI=1S/C20H17BrN2O5/c21-18-13-4-1-2-5-14(13)23-19(18)20(25)28-11-17(24)22-12-6-7-15-16(10-12)27-9-3-8-26-15/h1-2,4-7,10,23H,3,8-9,11H2,(H,22,24). The summed E-state index contributed by atoms with van der Waals surface area (Å²) in [4.78, 5) is 27.5. The van der Waals surface area contributed by atoms with Crippen LogP contribution >= 0.6 is 15.9 Å². The lowest BCUT2D eigenvalue weighted by Crippen LogP contribution is -2.21. The number of para-hydroxylation sites is 1. The van der Waals surface area contributed by atoms with E-state index in [2.05, 4.69) is 26.2 Å². The Morgan fingerprint density at radius 3 is 2.71 bits per heavy atom. The Labute approximate surface area is 169 Å². The first-order valence-corrected chi connectivity index (χ1v) is 9.54. The normalized spacial score (nSPS) is 13.0. The van der Waals surface area contributed by atoms with Gasteiger partial charge in [0.05, 0.1) is 17.7 Å². The molecule has 4 rings (SSSR count). The number of carbonyl (C=O) groups excluding carboxylic acids is 2. The third kappa shape index (κ3) is 3.82. The van der Waals surface area contributed by atoms with Gasteiger partial charge in [-0.2, -0.15) is 0 Å². The van der Waals surface area contributed by atoms with Gasteiger partial charge in [0.1, 0.15) is 5.69 Å². The number of aromatic amines is 1. The number of aromatic nitrogens is 1. The molecule has 0 fully saturated rings. The first-order chi connectivity index (χ1) is 13.6. The summed E-state index contributed by atoms with van der Waals surface area (Å²) in [6.07, 6.45) is 0.801. The van der Waals surface area contributed by atoms with E-state index in [-0.39, 0.29) is 5.69 Å². The second-order valence-corrected chi connectivity index (χ2v) is 6.99. The minimum atomic E-state index is -0.614. The summed E-state index contributed by atoms with van der Waals surface area (Å²) in [7, 11) is 0. The summed E-state index contributed by atoms with van der Waals surface area (Å²) in [6.45, 7) is 0.744. The maximum absolute atomic E-state index is 12.3. The Balaban J connectivity index is 1.38. The van der Waals surface area contributed by atoms with Crippen molar-refractivity contribution in [1.82, 2.24) is 4.98 Å². The molecule has 1 aromatic heterocycles. The summed E-state index contributed by atoms with van der Waals surface area (Å²) in [6, 6.07) is 12.6. The Bertz CT molecular complexity index is 1050. The topological polar surface area (TPSA) is 89.7 Å². The van der Waals surface area contributed by atoms with Crippen LogP contribution in [0.5, 0.6) is 11.5 Å². The fourth-order valence-electron chi connectivity index (χ4n) is 2.89. The van der Waals surface area contributed by atoms with Gasteiger partial charge in [-0.15, -0.1) is 0 Å². The highest BCUT2D eigenvalue weighted by molar-refractivity contribution is 9.10. The highest BCUT2D eigenvalue weighted by Gasteiger charge is 2.18. The van der Waals surface area contributed by atoms with E-state index in [1.54, 1.807) is 18.2 Å². The molecule has 8 heteroatoms. The molecule has 2 N–H and O–H groups in total. The predicted octanol–water partition coefficient (Wildman–Crippen LogP) is 3.89. The zero-order valence-electron chi connectivity index (χ0n) is 14.8. The maximum Gasteiger partial charge on any atom is 0.356 e. The molecule has 1 aliphatic rings. The first-order valence-electron chi connectivity index (χ1n) is 8.74. The first kappa shape index (κ1) is 18.4. The van der Waals surface area contributed by atoms with Crippen LogP contribution in [-0.2, 0) is 9.53 Å². The number of fused-ring (bicyclic) bond motifs is 2. The summed E-state index contributed by atoms with van der Waals surface area (Å²) in [5.41, 5.74) is 1.61. The molecule has 3 aromatic rings. The third-order valence-electron chi connectivity index (χ3n) is 4.21. The van der Waals surface area contributed by atoms with Gasteiger partial charge in [-0.1, -0.05) is 18.2 Å². The average Bonchev–Trinajstić information content (AvgIpc) is 2.88. The molecule has 0 saturated heterocycles. The van der Waals surface area contributed by atoms with E-state index < -0.39 is 18.5 Å². The lowest BCUT2D eigenvalue weighted by atomic mass is 10.2. The molecule has 1 amide bonds. The fraction of sp³-hybridized carbons (Fsp3) is 0.200. The van der Waals surface area contributed by atoms with Crippen LogP contribution in [0.2, 0.25) is 0 Å². The molecule has 1 aliphatic heterocycles. The molecule has 0 unspecified atom stereocenters. The van der Waals surface area contributed by atoms with Gasteiger partial charge >= 0.3 is 5.97 Å². The smallest absolute Gasteiger partial charge is 0.356 e. The minimum Gasteiger partial charge on any atom is -0.490 e. The molecule has 0 atom stereocenters.